The van der Waals surface area contributed by atoms with Crippen molar-refractivity contribution in [3.8, 4) is 16.9 Å². The maximum atomic E-state index is 13.9. The average Bonchev–Trinajstić information content (AvgIpc) is 3.14. The molecule has 0 saturated heterocycles. The van der Waals surface area contributed by atoms with Crippen LogP contribution in [-0.4, -0.2) is 47.2 Å². The van der Waals surface area contributed by atoms with Crippen molar-refractivity contribution in [3.63, 3.8) is 0 Å². The molecule has 1 fully saturated rings. The van der Waals surface area contributed by atoms with Gasteiger partial charge in [-0.25, -0.2) is 14.2 Å². The highest BCUT2D eigenvalue weighted by atomic mass is 35.5. The first-order chi connectivity index (χ1) is 16.4. The highest BCUT2D eigenvalue weighted by Gasteiger charge is 2.55. The predicted octanol–water partition coefficient (Wildman–Crippen LogP) is 4.24. The number of aliphatic hydroxyl groups excluding tert-OH is 1. The Morgan fingerprint density at radius 2 is 1.89 bits per heavy atom. The third-order valence-corrected chi connectivity index (χ3v) is 6.51. The number of aliphatic hydroxyl groups is 1. The van der Waals surface area contributed by atoms with Gasteiger partial charge in [-0.15, -0.1) is 0 Å². The number of halogens is 5. The van der Waals surface area contributed by atoms with Crippen molar-refractivity contribution in [1.29, 1.82) is 0 Å². The second-order valence-corrected chi connectivity index (χ2v) is 9.00. The summed E-state index contributed by atoms with van der Waals surface area (Å²) in [6.07, 6.45) is -3.60. The molecule has 4 N–H and O–H groups in total. The third-order valence-electron chi connectivity index (χ3n) is 6.29. The lowest BCUT2D eigenvalue weighted by molar-refractivity contribution is -0.192. The summed E-state index contributed by atoms with van der Waals surface area (Å²) in [6, 6.07) is 10.3. The highest BCUT2D eigenvalue weighted by molar-refractivity contribution is 6.30. The maximum absolute atomic E-state index is 13.9. The number of hydrogen-bond acceptors (Lipinski definition) is 6. The van der Waals surface area contributed by atoms with Gasteiger partial charge >= 0.3 is 12.1 Å². The van der Waals surface area contributed by atoms with Crippen LogP contribution < -0.4 is 10.5 Å². The van der Waals surface area contributed by atoms with Gasteiger partial charge in [-0.3, -0.25) is 0 Å². The zero-order valence-electron chi connectivity index (χ0n) is 18.1. The topological polar surface area (TPSA) is 114 Å². The van der Waals surface area contributed by atoms with Gasteiger partial charge in [0.25, 0.3) is 6.02 Å². The predicted molar refractivity (Wildman–Crippen MR) is 118 cm³/mol. The van der Waals surface area contributed by atoms with Crippen LogP contribution in [0.5, 0.6) is 5.75 Å². The number of amidine groups is 1. The Balaban J connectivity index is 0.000000364. The van der Waals surface area contributed by atoms with Crippen molar-refractivity contribution < 1.29 is 42.0 Å². The standard InChI is InChI=1S/C21H20ClFN2O3.C2HF3O2/c22-13-5-12(6-14(23)8-13)11-1-4-18-17(7-11)21(10-27-20(24)25-21)16-3-2-15(26)9-19(16)28-18;3-2(4,5)1(6)7/h1,4-8,15-16,19,26H,2-3,9-10H2,(H2,24,25);(H,6,7)/t15-,16-,19-,21?;/m0./s1. The number of aliphatic imine (C=N–C) groups is 1. The molecule has 1 saturated carbocycles. The number of aliphatic carboxylic acids is 1. The monoisotopic (exact) mass is 516 g/mol. The van der Waals surface area contributed by atoms with Gasteiger partial charge in [-0.1, -0.05) is 17.7 Å². The summed E-state index contributed by atoms with van der Waals surface area (Å²) in [6.45, 7) is 0.333. The SMILES string of the molecule is NC1=NC2(CO1)c1cc(-c3cc(F)cc(Cl)c3)ccc1O[C@H]1C[C@@H](O)CC[C@@H]12.O=C(O)C(F)(F)F. The molecule has 0 aromatic heterocycles. The molecule has 1 aliphatic carbocycles. The number of carbonyl (C=O) groups is 1. The number of alkyl halides is 3. The molecule has 1 spiro atoms. The lowest BCUT2D eigenvalue weighted by Gasteiger charge is -2.47. The van der Waals surface area contributed by atoms with E-state index in [0.29, 0.717) is 35.8 Å². The molecule has 188 valence electrons. The average molecular weight is 517 g/mol. The minimum atomic E-state index is -5.08. The second-order valence-electron chi connectivity index (χ2n) is 8.56. The van der Waals surface area contributed by atoms with Crippen molar-refractivity contribution in [1.82, 2.24) is 0 Å². The van der Waals surface area contributed by atoms with E-state index in [9.17, 15) is 22.7 Å². The van der Waals surface area contributed by atoms with Crippen LogP contribution in [0.25, 0.3) is 11.1 Å². The molecule has 1 unspecified atom stereocenters. The Labute approximate surface area is 202 Å². The van der Waals surface area contributed by atoms with E-state index >= 15 is 0 Å². The smallest absolute Gasteiger partial charge is 0.490 e. The summed E-state index contributed by atoms with van der Waals surface area (Å²) in [5.74, 6) is -2.40. The number of rotatable bonds is 1. The molecule has 35 heavy (non-hydrogen) atoms. The first-order valence-electron chi connectivity index (χ1n) is 10.6. The summed E-state index contributed by atoms with van der Waals surface area (Å²) >= 11 is 6.04. The minimum Gasteiger partial charge on any atom is -0.490 e. The van der Waals surface area contributed by atoms with Gasteiger partial charge in [0, 0.05) is 22.9 Å². The van der Waals surface area contributed by atoms with Crippen molar-refractivity contribution in [2.75, 3.05) is 6.61 Å². The summed E-state index contributed by atoms with van der Waals surface area (Å²) < 4.78 is 57.4. The molecule has 7 nitrogen and oxygen atoms in total. The van der Waals surface area contributed by atoms with E-state index in [1.54, 1.807) is 6.07 Å². The Kier molecular flexibility index (Phi) is 6.58. The molecule has 2 aromatic rings. The van der Waals surface area contributed by atoms with E-state index in [2.05, 4.69) is 0 Å². The molecule has 12 heteroatoms. The number of benzene rings is 2. The molecule has 2 aliphatic heterocycles. The van der Waals surface area contributed by atoms with Crippen LogP contribution in [0.3, 0.4) is 0 Å². The third kappa shape index (κ3) is 5.01. The van der Waals surface area contributed by atoms with Crippen LogP contribution >= 0.6 is 11.6 Å². The summed E-state index contributed by atoms with van der Waals surface area (Å²) in [4.78, 5) is 13.6. The number of nitrogens with two attached hydrogens (primary N) is 1. The van der Waals surface area contributed by atoms with Crippen LogP contribution in [0.1, 0.15) is 24.8 Å². The molecule has 5 rings (SSSR count). The Morgan fingerprint density at radius 1 is 1.17 bits per heavy atom. The van der Waals surface area contributed by atoms with Gasteiger partial charge in [0.05, 0.1) is 6.10 Å². The van der Waals surface area contributed by atoms with E-state index in [0.717, 1.165) is 17.5 Å². The number of fused-ring (bicyclic) bond motifs is 4. The number of carboxylic acids is 1. The zero-order chi connectivity index (χ0) is 25.5. The molecule has 0 amide bonds. The van der Waals surface area contributed by atoms with Crippen molar-refractivity contribution in [2.24, 2.45) is 16.6 Å². The van der Waals surface area contributed by atoms with E-state index in [1.165, 1.54) is 12.1 Å². The van der Waals surface area contributed by atoms with E-state index in [-0.39, 0.29) is 30.0 Å². The largest absolute Gasteiger partial charge is 0.490 e. The molecule has 3 aliphatic rings. The van der Waals surface area contributed by atoms with Gasteiger partial charge < -0.3 is 25.4 Å². The zero-order valence-corrected chi connectivity index (χ0v) is 18.8. The molecule has 2 heterocycles. The van der Waals surface area contributed by atoms with Gasteiger partial charge in [-0.05, 0) is 54.3 Å². The normalized spacial score (nSPS) is 26.9. The molecule has 0 radical (unpaired) electrons. The van der Waals surface area contributed by atoms with Gasteiger partial charge in [-0.2, -0.15) is 13.2 Å². The Bertz CT molecular complexity index is 1150. The number of carboxylic acid groups (broad SMARTS) is 1. The van der Waals surface area contributed by atoms with Crippen LogP contribution in [0.2, 0.25) is 5.02 Å². The summed E-state index contributed by atoms with van der Waals surface area (Å²) in [7, 11) is 0. The van der Waals surface area contributed by atoms with Crippen molar-refractivity contribution in [2.45, 2.75) is 43.2 Å². The Hall–Kier alpha value is -3.05. The van der Waals surface area contributed by atoms with Crippen LogP contribution in [0, 0.1) is 11.7 Å². The molecule has 2 aromatic carbocycles. The molecule has 0 bridgehead atoms. The second kappa shape index (κ2) is 9.19. The number of nitrogens with zero attached hydrogens (tertiary/aromatic N) is 1. The first kappa shape index (κ1) is 25.1. The Morgan fingerprint density at radius 3 is 2.49 bits per heavy atom. The van der Waals surface area contributed by atoms with Crippen molar-refractivity contribution in [3.05, 3.63) is 52.8 Å². The van der Waals surface area contributed by atoms with Crippen molar-refractivity contribution >= 4 is 23.6 Å². The fourth-order valence-electron chi connectivity index (χ4n) is 4.79. The summed E-state index contributed by atoms with van der Waals surface area (Å²) in [5, 5.41) is 17.6. The lowest BCUT2D eigenvalue weighted by atomic mass is 9.67. The summed E-state index contributed by atoms with van der Waals surface area (Å²) in [5.41, 5.74) is 7.63. The lowest BCUT2D eigenvalue weighted by Crippen LogP contribution is -2.51. The maximum Gasteiger partial charge on any atom is 0.490 e. The van der Waals surface area contributed by atoms with Gasteiger partial charge in [0.1, 0.15) is 29.8 Å². The first-order valence-corrected chi connectivity index (χ1v) is 11.0. The van der Waals surface area contributed by atoms with Crippen LogP contribution in [-0.2, 0) is 15.1 Å². The van der Waals surface area contributed by atoms with E-state index in [4.69, 9.17) is 41.7 Å². The number of hydrogen-bond donors (Lipinski definition) is 3. The number of ether oxygens (including phenoxy) is 2. The van der Waals surface area contributed by atoms with Crippen LogP contribution in [0.4, 0.5) is 17.6 Å². The van der Waals surface area contributed by atoms with E-state index in [1.807, 2.05) is 18.2 Å². The molecular formula is C23H21ClF4N2O5. The quantitative estimate of drug-likeness (QED) is 0.488. The molecular weight excluding hydrogens is 496 g/mol. The van der Waals surface area contributed by atoms with Gasteiger partial charge in [0.15, 0.2) is 0 Å². The van der Waals surface area contributed by atoms with E-state index < -0.39 is 17.7 Å². The molecule has 4 atom stereocenters. The fourth-order valence-corrected chi connectivity index (χ4v) is 5.01. The highest BCUT2D eigenvalue weighted by Crippen LogP contribution is 2.53. The fraction of sp³-hybridized carbons (Fsp3) is 0.391. The van der Waals surface area contributed by atoms with Gasteiger partial charge in [0.2, 0.25) is 0 Å². The van der Waals surface area contributed by atoms with Crippen LogP contribution in [0.15, 0.2) is 41.4 Å². The minimum absolute atomic E-state index is 0.0517.